The number of benzene rings is 4. The van der Waals surface area contributed by atoms with Crippen LogP contribution < -0.4 is 19.6 Å². The first-order chi connectivity index (χ1) is 22.4. The van der Waals surface area contributed by atoms with Gasteiger partial charge in [-0.25, -0.2) is 14.2 Å². The van der Waals surface area contributed by atoms with Gasteiger partial charge in [0.05, 0.1) is 36.1 Å². The van der Waals surface area contributed by atoms with Crippen molar-refractivity contribution in [3.63, 3.8) is 0 Å². The van der Waals surface area contributed by atoms with Gasteiger partial charge in [0.2, 0.25) is 0 Å². The van der Waals surface area contributed by atoms with Crippen molar-refractivity contribution >= 4 is 45.1 Å². The first kappa shape index (κ1) is 29.4. The number of esters is 1. The summed E-state index contributed by atoms with van der Waals surface area (Å²) in [4.78, 5) is 33.2. The van der Waals surface area contributed by atoms with E-state index in [0.717, 1.165) is 27.2 Å². The zero-order chi connectivity index (χ0) is 31.9. The number of nitrogens with zero attached hydrogens (tertiary/aromatic N) is 3. The second-order valence-corrected chi connectivity index (χ2v) is 12.0. The fourth-order valence-electron chi connectivity index (χ4n) is 6.27. The number of para-hydroxylation sites is 1. The molecule has 0 aliphatic carbocycles. The van der Waals surface area contributed by atoms with Crippen LogP contribution in [0.15, 0.2) is 112 Å². The Kier molecular flexibility index (Phi) is 7.62. The summed E-state index contributed by atoms with van der Waals surface area (Å²) >= 11 is 1.26. The number of halogens is 1. The summed E-state index contributed by atoms with van der Waals surface area (Å²) in [6, 6.07) is 25.4. The predicted molar refractivity (Wildman–Crippen MR) is 178 cm³/mol. The van der Waals surface area contributed by atoms with E-state index in [1.54, 1.807) is 37.7 Å². The summed E-state index contributed by atoms with van der Waals surface area (Å²) in [6.45, 7) is 4.03. The Morgan fingerprint density at radius 1 is 1.00 bits per heavy atom. The Morgan fingerprint density at radius 3 is 2.52 bits per heavy atom. The highest BCUT2D eigenvalue weighted by Crippen LogP contribution is 2.40. The third-order valence-electron chi connectivity index (χ3n) is 8.35. The molecule has 0 bridgehead atoms. The highest BCUT2D eigenvalue weighted by Gasteiger charge is 2.36. The lowest BCUT2D eigenvalue weighted by Gasteiger charge is -2.27. The molecule has 0 unspecified atom stereocenters. The molecule has 0 N–H and O–H groups in total. The number of ether oxygens (including phenoxy) is 2. The maximum Gasteiger partial charge on any atom is 0.338 e. The standard InChI is InChI=1S/C37H30FN3O4S/c1-4-45-36(43)32-22(2)39-37-41(34(32)33-27-14-7-5-11-23(27)17-18-30(33)44-3)35(42)31(46-37)19-25-21-40(29-16-10-8-13-26(25)29)20-24-12-6-9-15-28(24)38/h5-19,21,34H,4,20H2,1-3H3/b31-19-/t34-/m1/s1. The molecule has 0 saturated heterocycles. The van der Waals surface area contributed by atoms with E-state index in [0.29, 0.717) is 38.5 Å². The Bertz CT molecular complexity index is 2380. The van der Waals surface area contributed by atoms with Crippen molar-refractivity contribution in [3.8, 4) is 5.75 Å². The molecule has 4 aromatic carbocycles. The fourth-order valence-corrected chi connectivity index (χ4v) is 7.31. The topological polar surface area (TPSA) is 74.8 Å². The van der Waals surface area contributed by atoms with Crippen LogP contribution in [0, 0.1) is 5.82 Å². The predicted octanol–water partition coefficient (Wildman–Crippen LogP) is 6.10. The van der Waals surface area contributed by atoms with Crippen LogP contribution in [0.5, 0.6) is 5.75 Å². The van der Waals surface area contributed by atoms with Gasteiger partial charge in [-0.15, -0.1) is 0 Å². The van der Waals surface area contributed by atoms with E-state index in [4.69, 9.17) is 14.5 Å². The van der Waals surface area contributed by atoms with Crippen LogP contribution in [0.1, 0.15) is 36.6 Å². The lowest BCUT2D eigenvalue weighted by Crippen LogP contribution is -2.40. The Labute approximate surface area is 267 Å². The second kappa shape index (κ2) is 11.9. The molecule has 2 aromatic heterocycles. The number of methoxy groups -OCH3 is 1. The van der Waals surface area contributed by atoms with Gasteiger partial charge < -0.3 is 14.0 Å². The molecule has 7 rings (SSSR count). The monoisotopic (exact) mass is 631 g/mol. The zero-order valence-corrected chi connectivity index (χ0v) is 26.3. The molecule has 0 radical (unpaired) electrons. The normalized spacial score (nSPS) is 14.9. The van der Waals surface area contributed by atoms with Gasteiger partial charge in [-0.05, 0) is 48.9 Å². The van der Waals surface area contributed by atoms with Crippen molar-refractivity contribution in [2.75, 3.05) is 13.7 Å². The summed E-state index contributed by atoms with van der Waals surface area (Å²) in [6.07, 6.45) is 3.79. The average molecular weight is 632 g/mol. The van der Waals surface area contributed by atoms with E-state index in [1.165, 1.54) is 17.4 Å². The first-order valence-electron chi connectivity index (χ1n) is 15.0. The molecule has 0 fully saturated rings. The summed E-state index contributed by atoms with van der Waals surface area (Å²) in [5.41, 5.74) is 3.47. The van der Waals surface area contributed by atoms with Gasteiger partial charge in [0, 0.05) is 33.8 Å². The molecule has 46 heavy (non-hydrogen) atoms. The van der Waals surface area contributed by atoms with E-state index in [9.17, 15) is 14.0 Å². The molecule has 1 aliphatic rings. The minimum absolute atomic E-state index is 0.177. The van der Waals surface area contributed by atoms with Crippen LogP contribution >= 0.6 is 11.3 Å². The molecule has 6 aromatic rings. The highest BCUT2D eigenvalue weighted by atomic mass is 32.1. The molecule has 7 nitrogen and oxygen atoms in total. The number of allylic oxidation sites excluding steroid dienone is 1. The van der Waals surface area contributed by atoms with Gasteiger partial charge in [0.25, 0.3) is 5.56 Å². The van der Waals surface area contributed by atoms with Crippen LogP contribution in [-0.2, 0) is 16.1 Å². The van der Waals surface area contributed by atoms with Gasteiger partial charge in [-0.2, -0.15) is 0 Å². The second-order valence-electron chi connectivity index (χ2n) is 11.0. The van der Waals surface area contributed by atoms with E-state index < -0.39 is 12.0 Å². The van der Waals surface area contributed by atoms with Crippen molar-refractivity contribution < 1.29 is 18.7 Å². The van der Waals surface area contributed by atoms with Crippen LogP contribution in [-0.4, -0.2) is 28.8 Å². The van der Waals surface area contributed by atoms with Crippen LogP contribution in [0.4, 0.5) is 4.39 Å². The molecule has 0 saturated carbocycles. The smallest absolute Gasteiger partial charge is 0.338 e. The number of carbonyl (C=O) groups excluding carboxylic acids is 1. The van der Waals surface area contributed by atoms with E-state index >= 15 is 0 Å². The van der Waals surface area contributed by atoms with Crippen LogP contribution in [0.25, 0.3) is 27.8 Å². The molecular weight excluding hydrogens is 601 g/mol. The zero-order valence-electron chi connectivity index (χ0n) is 25.5. The summed E-state index contributed by atoms with van der Waals surface area (Å²) in [7, 11) is 1.58. The van der Waals surface area contributed by atoms with E-state index in [1.807, 2.05) is 83.6 Å². The number of carbonyl (C=O) groups is 1. The number of fused-ring (bicyclic) bond motifs is 3. The van der Waals surface area contributed by atoms with Crippen molar-refractivity contribution in [3.05, 3.63) is 145 Å². The van der Waals surface area contributed by atoms with Gasteiger partial charge >= 0.3 is 5.97 Å². The molecule has 230 valence electrons. The van der Waals surface area contributed by atoms with Gasteiger partial charge in [0.15, 0.2) is 4.80 Å². The first-order valence-corrected chi connectivity index (χ1v) is 15.8. The summed E-state index contributed by atoms with van der Waals surface area (Å²) in [5.74, 6) is -0.257. The van der Waals surface area contributed by atoms with Crippen molar-refractivity contribution in [2.45, 2.75) is 26.4 Å². The fraction of sp³-hybridized carbons (Fsp3) is 0.162. The molecular formula is C37H30FN3O4S. The lowest BCUT2D eigenvalue weighted by molar-refractivity contribution is -0.139. The molecule has 1 aliphatic heterocycles. The maximum atomic E-state index is 14.6. The number of hydrogen-bond donors (Lipinski definition) is 0. The minimum atomic E-state index is -0.833. The van der Waals surface area contributed by atoms with Gasteiger partial charge in [-0.3, -0.25) is 9.36 Å². The number of hydrogen-bond acceptors (Lipinski definition) is 6. The molecule has 1 atom stereocenters. The minimum Gasteiger partial charge on any atom is -0.496 e. The highest BCUT2D eigenvalue weighted by molar-refractivity contribution is 7.07. The van der Waals surface area contributed by atoms with E-state index in [-0.39, 0.29) is 23.6 Å². The van der Waals surface area contributed by atoms with Crippen LogP contribution in [0.3, 0.4) is 0 Å². The Morgan fingerprint density at radius 2 is 1.74 bits per heavy atom. The molecule has 0 amide bonds. The van der Waals surface area contributed by atoms with Gasteiger partial charge in [0.1, 0.15) is 17.6 Å². The summed E-state index contributed by atoms with van der Waals surface area (Å²) < 4.78 is 30.0. The van der Waals surface area contributed by atoms with Crippen molar-refractivity contribution in [1.82, 2.24) is 9.13 Å². The number of aromatic nitrogens is 2. The van der Waals surface area contributed by atoms with Crippen LogP contribution in [0.2, 0.25) is 0 Å². The Balaban J connectivity index is 1.46. The Hall–Kier alpha value is -5.28. The third kappa shape index (κ3) is 4.93. The maximum absolute atomic E-state index is 14.6. The van der Waals surface area contributed by atoms with Gasteiger partial charge in [-0.1, -0.05) is 78.1 Å². The molecule has 9 heteroatoms. The lowest BCUT2D eigenvalue weighted by atomic mass is 9.90. The number of rotatable bonds is 7. The largest absolute Gasteiger partial charge is 0.496 e. The summed E-state index contributed by atoms with van der Waals surface area (Å²) in [5, 5.41) is 2.73. The third-order valence-corrected chi connectivity index (χ3v) is 9.33. The quantitative estimate of drug-likeness (QED) is 0.200. The SMILES string of the molecule is CCOC(=O)C1=C(C)N=c2s/c(=C\c3cn(Cc4ccccc4F)c4ccccc34)c(=O)n2[C@H]1c1c(OC)ccc2ccccc12. The average Bonchev–Trinajstić information content (AvgIpc) is 3.56. The molecule has 3 heterocycles. The number of thiazole rings is 1. The van der Waals surface area contributed by atoms with Crippen molar-refractivity contribution in [1.29, 1.82) is 0 Å². The van der Waals surface area contributed by atoms with E-state index in [2.05, 4.69) is 0 Å². The van der Waals surface area contributed by atoms with Crippen molar-refractivity contribution in [2.24, 2.45) is 4.99 Å². The molecule has 0 spiro atoms.